The van der Waals surface area contributed by atoms with Gasteiger partial charge in [-0.15, -0.1) is 0 Å². The molecule has 0 radical (unpaired) electrons. The van der Waals surface area contributed by atoms with Crippen molar-refractivity contribution in [1.82, 2.24) is 10.2 Å². The summed E-state index contributed by atoms with van der Waals surface area (Å²) in [6, 6.07) is 5.99. The van der Waals surface area contributed by atoms with Crippen LogP contribution in [0, 0.1) is 6.92 Å². The molecular formula is C17H27N3O2. The summed E-state index contributed by atoms with van der Waals surface area (Å²) in [7, 11) is 0. The van der Waals surface area contributed by atoms with E-state index in [2.05, 4.69) is 35.4 Å². The van der Waals surface area contributed by atoms with Crippen molar-refractivity contribution in [3.05, 3.63) is 29.3 Å². The lowest BCUT2D eigenvalue weighted by molar-refractivity contribution is 0.0388. The predicted molar refractivity (Wildman–Crippen MR) is 89.5 cm³/mol. The van der Waals surface area contributed by atoms with Crippen LogP contribution in [0.4, 0.5) is 10.5 Å². The Morgan fingerprint density at radius 1 is 1.32 bits per heavy atom. The van der Waals surface area contributed by atoms with E-state index in [0.717, 1.165) is 44.1 Å². The third-order valence-corrected chi connectivity index (χ3v) is 3.98. The zero-order chi connectivity index (χ0) is 15.9. The van der Waals surface area contributed by atoms with Crippen molar-refractivity contribution in [1.29, 1.82) is 0 Å². The summed E-state index contributed by atoms with van der Waals surface area (Å²) in [4.78, 5) is 14.4. The number of carbonyl (C=O) groups is 1. The second-order valence-corrected chi connectivity index (χ2v) is 6.03. The van der Waals surface area contributed by atoms with Crippen LogP contribution in [0.25, 0.3) is 0 Å². The highest BCUT2D eigenvalue weighted by Crippen LogP contribution is 2.27. The Hall–Kier alpha value is -1.59. The molecule has 0 bridgehead atoms. The number of urea groups is 1. The molecule has 122 valence electrons. The van der Waals surface area contributed by atoms with Crippen LogP contribution in [-0.2, 0) is 4.74 Å². The Morgan fingerprint density at radius 3 is 2.73 bits per heavy atom. The Bertz CT molecular complexity index is 497. The third kappa shape index (κ3) is 4.71. The first-order valence-corrected chi connectivity index (χ1v) is 8.02. The normalized spacial score (nSPS) is 15.8. The smallest absolute Gasteiger partial charge is 0.319 e. The van der Waals surface area contributed by atoms with E-state index >= 15 is 0 Å². The molecule has 22 heavy (non-hydrogen) atoms. The number of rotatable bonds is 5. The molecule has 1 fully saturated rings. The van der Waals surface area contributed by atoms with Crippen LogP contribution in [0.2, 0.25) is 0 Å². The molecule has 2 rings (SSSR count). The third-order valence-electron chi connectivity index (χ3n) is 3.98. The second-order valence-electron chi connectivity index (χ2n) is 6.03. The predicted octanol–water partition coefficient (Wildman–Crippen LogP) is 2.57. The first-order chi connectivity index (χ1) is 10.6. The first-order valence-electron chi connectivity index (χ1n) is 8.02. The molecule has 0 unspecified atom stereocenters. The number of hydrogen-bond acceptors (Lipinski definition) is 3. The van der Waals surface area contributed by atoms with Gasteiger partial charge in [0.15, 0.2) is 0 Å². The summed E-state index contributed by atoms with van der Waals surface area (Å²) in [5.74, 6) is 0.378. The molecule has 5 heteroatoms. The number of carbonyl (C=O) groups excluding carboxylic acids is 1. The van der Waals surface area contributed by atoms with Gasteiger partial charge in [0.05, 0.1) is 13.2 Å². The van der Waals surface area contributed by atoms with Crippen molar-refractivity contribution >= 4 is 11.7 Å². The fraction of sp³-hybridized carbons (Fsp3) is 0.588. The van der Waals surface area contributed by atoms with Crippen LogP contribution in [0.5, 0.6) is 0 Å². The van der Waals surface area contributed by atoms with E-state index in [1.54, 1.807) is 0 Å². The van der Waals surface area contributed by atoms with Gasteiger partial charge in [-0.05, 0) is 24.0 Å². The van der Waals surface area contributed by atoms with E-state index in [4.69, 9.17) is 4.74 Å². The molecule has 1 aromatic rings. The van der Waals surface area contributed by atoms with Crippen molar-refractivity contribution in [3.63, 3.8) is 0 Å². The largest absolute Gasteiger partial charge is 0.379 e. The lowest BCUT2D eigenvalue weighted by Crippen LogP contribution is -2.42. The number of para-hydroxylation sites is 1. The van der Waals surface area contributed by atoms with Gasteiger partial charge < -0.3 is 15.4 Å². The topological polar surface area (TPSA) is 53.6 Å². The minimum Gasteiger partial charge on any atom is -0.379 e. The Labute approximate surface area is 133 Å². The fourth-order valence-corrected chi connectivity index (χ4v) is 2.65. The van der Waals surface area contributed by atoms with Crippen molar-refractivity contribution in [2.75, 3.05) is 44.7 Å². The Balaban J connectivity index is 1.84. The van der Waals surface area contributed by atoms with Gasteiger partial charge >= 0.3 is 6.03 Å². The highest BCUT2D eigenvalue weighted by Gasteiger charge is 2.13. The van der Waals surface area contributed by atoms with Crippen LogP contribution in [0.15, 0.2) is 18.2 Å². The Kier molecular flexibility index (Phi) is 6.21. The summed E-state index contributed by atoms with van der Waals surface area (Å²) >= 11 is 0. The number of aryl methyl sites for hydroxylation is 1. The maximum atomic E-state index is 12.1. The van der Waals surface area contributed by atoms with Crippen LogP contribution in [0.3, 0.4) is 0 Å². The van der Waals surface area contributed by atoms with Crippen LogP contribution in [-0.4, -0.2) is 50.3 Å². The number of anilines is 1. The summed E-state index contributed by atoms with van der Waals surface area (Å²) < 4.78 is 5.31. The molecule has 0 spiro atoms. The minimum absolute atomic E-state index is 0.135. The highest BCUT2D eigenvalue weighted by atomic mass is 16.5. The Morgan fingerprint density at radius 2 is 2.05 bits per heavy atom. The molecule has 1 saturated heterocycles. The van der Waals surface area contributed by atoms with E-state index in [-0.39, 0.29) is 6.03 Å². The molecule has 2 amide bonds. The summed E-state index contributed by atoms with van der Waals surface area (Å²) in [5.41, 5.74) is 3.19. The molecule has 5 nitrogen and oxygen atoms in total. The van der Waals surface area contributed by atoms with Crippen molar-refractivity contribution in [3.8, 4) is 0 Å². The van der Waals surface area contributed by atoms with Crippen LogP contribution >= 0.6 is 0 Å². The molecular weight excluding hydrogens is 278 g/mol. The molecule has 1 aromatic carbocycles. The maximum Gasteiger partial charge on any atom is 0.319 e. The van der Waals surface area contributed by atoms with Crippen LogP contribution in [0.1, 0.15) is 30.9 Å². The van der Waals surface area contributed by atoms with E-state index in [0.29, 0.717) is 12.5 Å². The van der Waals surface area contributed by atoms with Gasteiger partial charge in [-0.2, -0.15) is 0 Å². The molecule has 0 atom stereocenters. The number of benzene rings is 1. The molecule has 1 aliphatic heterocycles. The van der Waals surface area contributed by atoms with E-state index in [9.17, 15) is 4.79 Å². The maximum absolute atomic E-state index is 12.1. The zero-order valence-electron chi connectivity index (χ0n) is 13.8. The molecule has 1 heterocycles. The summed E-state index contributed by atoms with van der Waals surface area (Å²) in [5, 5.41) is 5.94. The van der Waals surface area contributed by atoms with Gasteiger partial charge in [-0.3, -0.25) is 4.90 Å². The molecule has 0 aliphatic carbocycles. The molecule has 1 aliphatic rings. The van der Waals surface area contributed by atoms with Crippen molar-refractivity contribution in [2.24, 2.45) is 0 Å². The van der Waals surface area contributed by atoms with E-state index < -0.39 is 0 Å². The number of morpholine rings is 1. The first kappa shape index (κ1) is 16.8. The number of nitrogens with zero attached hydrogens (tertiary/aromatic N) is 1. The lowest BCUT2D eigenvalue weighted by Gasteiger charge is -2.26. The fourth-order valence-electron chi connectivity index (χ4n) is 2.65. The highest BCUT2D eigenvalue weighted by molar-refractivity contribution is 5.91. The van der Waals surface area contributed by atoms with Gasteiger partial charge in [-0.25, -0.2) is 4.79 Å². The van der Waals surface area contributed by atoms with E-state index in [1.807, 2.05) is 19.1 Å². The average molecular weight is 305 g/mol. The quantitative estimate of drug-likeness (QED) is 0.879. The minimum atomic E-state index is -0.135. The number of nitrogens with one attached hydrogen (secondary N) is 2. The van der Waals surface area contributed by atoms with Gasteiger partial charge in [0.2, 0.25) is 0 Å². The van der Waals surface area contributed by atoms with Crippen LogP contribution < -0.4 is 10.6 Å². The van der Waals surface area contributed by atoms with Gasteiger partial charge in [0.25, 0.3) is 0 Å². The zero-order valence-corrected chi connectivity index (χ0v) is 13.8. The monoisotopic (exact) mass is 305 g/mol. The summed E-state index contributed by atoms with van der Waals surface area (Å²) in [6.07, 6.45) is 0. The van der Waals surface area contributed by atoms with Gasteiger partial charge in [0.1, 0.15) is 0 Å². The number of amides is 2. The lowest BCUT2D eigenvalue weighted by atomic mass is 9.98. The SMILES string of the molecule is Cc1cccc(C(C)C)c1NC(=O)NCCN1CCOCC1. The molecule has 0 saturated carbocycles. The molecule has 0 aromatic heterocycles. The van der Waals surface area contributed by atoms with Gasteiger partial charge in [0, 0.05) is 31.9 Å². The number of hydrogen-bond donors (Lipinski definition) is 2. The summed E-state index contributed by atoms with van der Waals surface area (Å²) in [6.45, 7) is 11.3. The molecule has 2 N–H and O–H groups in total. The van der Waals surface area contributed by atoms with Crippen molar-refractivity contribution < 1.29 is 9.53 Å². The van der Waals surface area contributed by atoms with Gasteiger partial charge in [-0.1, -0.05) is 32.0 Å². The standard InChI is InChI=1S/C17H27N3O2/c1-13(2)15-6-4-5-14(3)16(15)19-17(21)18-7-8-20-9-11-22-12-10-20/h4-6,13H,7-12H2,1-3H3,(H2,18,19,21). The number of ether oxygens (including phenoxy) is 1. The average Bonchev–Trinajstić information content (AvgIpc) is 2.50. The second kappa shape index (κ2) is 8.15. The van der Waals surface area contributed by atoms with Crippen molar-refractivity contribution in [2.45, 2.75) is 26.7 Å². The van der Waals surface area contributed by atoms with E-state index in [1.165, 1.54) is 5.56 Å².